The second-order valence-corrected chi connectivity index (χ2v) is 5.92. The second kappa shape index (κ2) is 6.55. The van der Waals surface area contributed by atoms with Gasteiger partial charge in [-0.1, -0.05) is 58.5 Å². The van der Waals surface area contributed by atoms with E-state index in [0.717, 1.165) is 27.4 Å². The van der Waals surface area contributed by atoms with Gasteiger partial charge in [0.2, 0.25) is 0 Å². The van der Waals surface area contributed by atoms with Crippen LogP contribution in [0.2, 0.25) is 0 Å². The SMILES string of the molecule is CCCC(C)CC(=O)c1ccc(Br)cc1Br. The maximum absolute atomic E-state index is 12.0. The highest BCUT2D eigenvalue weighted by atomic mass is 79.9. The molecule has 0 saturated heterocycles. The lowest BCUT2D eigenvalue weighted by atomic mass is 9.96. The van der Waals surface area contributed by atoms with E-state index in [4.69, 9.17) is 0 Å². The van der Waals surface area contributed by atoms with Crippen LogP contribution in [0.25, 0.3) is 0 Å². The van der Waals surface area contributed by atoms with Gasteiger partial charge in [-0.3, -0.25) is 4.79 Å². The van der Waals surface area contributed by atoms with Crippen LogP contribution >= 0.6 is 31.9 Å². The van der Waals surface area contributed by atoms with Crippen LogP contribution in [0.15, 0.2) is 27.1 Å². The average molecular weight is 348 g/mol. The summed E-state index contributed by atoms with van der Waals surface area (Å²) >= 11 is 6.81. The van der Waals surface area contributed by atoms with Crippen LogP contribution in [0, 0.1) is 5.92 Å². The summed E-state index contributed by atoms with van der Waals surface area (Å²) in [6.45, 7) is 4.28. The summed E-state index contributed by atoms with van der Waals surface area (Å²) in [4.78, 5) is 12.0. The Morgan fingerprint density at radius 1 is 1.38 bits per heavy atom. The van der Waals surface area contributed by atoms with Crippen LogP contribution in [-0.2, 0) is 0 Å². The minimum Gasteiger partial charge on any atom is -0.294 e. The largest absolute Gasteiger partial charge is 0.294 e. The Labute approximate surface area is 114 Å². The number of Topliss-reactive ketones (excluding diaryl/α,β-unsaturated/α-hetero) is 1. The minimum absolute atomic E-state index is 0.223. The molecule has 3 heteroatoms. The molecule has 1 rings (SSSR count). The fourth-order valence-corrected chi connectivity index (χ4v) is 3.01. The van der Waals surface area contributed by atoms with Crippen LogP contribution in [0.4, 0.5) is 0 Å². The van der Waals surface area contributed by atoms with Gasteiger partial charge >= 0.3 is 0 Å². The van der Waals surface area contributed by atoms with E-state index in [-0.39, 0.29) is 5.78 Å². The number of benzene rings is 1. The average Bonchev–Trinajstić information content (AvgIpc) is 2.17. The standard InChI is InChI=1S/C13H16Br2O/c1-3-4-9(2)7-13(16)11-6-5-10(14)8-12(11)15/h5-6,8-9H,3-4,7H2,1-2H3. The highest BCUT2D eigenvalue weighted by Gasteiger charge is 2.13. The monoisotopic (exact) mass is 346 g/mol. The van der Waals surface area contributed by atoms with Crippen molar-refractivity contribution in [2.45, 2.75) is 33.1 Å². The smallest absolute Gasteiger partial charge is 0.164 e. The molecule has 0 saturated carbocycles. The van der Waals surface area contributed by atoms with Gasteiger partial charge in [0.15, 0.2) is 5.78 Å². The quantitative estimate of drug-likeness (QED) is 0.667. The molecule has 0 aliphatic rings. The lowest BCUT2D eigenvalue weighted by Crippen LogP contribution is -2.06. The van der Waals surface area contributed by atoms with Crippen LogP contribution in [-0.4, -0.2) is 5.78 Å². The molecule has 0 amide bonds. The van der Waals surface area contributed by atoms with Gasteiger partial charge in [-0.05, 0) is 24.1 Å². The van der Waals surface area contributed by atoms with Gasteiger partial charge in [0.1, 0.15) is 0 Å². The van der Waals surface area contributed by atoms with Crippen LogP contribution in [0.5, 0.6) is 0 Å². The Kier molecular flexibility index (Phi) is 5.70. The first-order valence-corrected chi connectivity index (χ1v) is 7.11. The second-order valence-electron chi connectivity index (χ2n) is 4.15. The molecular weight excluding hydrogens is 332 g/mol. The van der Waals surface area contributed by atoms with Crippen molar-refractivity contribution >= 4 is 37.6 Å². The van der Waals surface area contributed by atoms with Crippen LogP contribution in [0.1, 0.15) is 43.5 Å². The van der Waals surface area contributed by atoms with E-state index in [1.54, 1.807) is 0 Å². The highest BCUT2D eigenvalue weighted by molar-refractivity contribution is 9.11. The predicted molar refractivity (Wildman–Crippen MR) is 74.9 cm³/mol. The predicted octanol–water partition coefficient (Wildman–Crippen LogP) is 5.22. The zero-order chi connectivity index (χ0) is 12.1. The van der Waals surface area contributed by atoms with Crippen molar-refractivity contribution in [3.63, 3.8) is 0 Å². The zero-order valence-corrected chi connectivity index (χ0v) is 12.8. The molecule has 0 aliphatic carbocycles. The summed E-state index contributed by atoms with van der Waals surface area (Å²) in [7, 11) is 0. The molecule has 1 nitrogen and oxygen atoms in total. The van der Waals surface area contributed by atoms with E-state index in [9.17, 15) is 4.79 Å². The van der Waals surface area contributed by atoms with Gasteiger partial charge in [0.05, 0.1) is 0 Å². The summed E-state index contributed by atoms with van der Waals surface area (Å²) < 4.78 is 1.85. The number of ketones is 1. The van der Waals surface area contributed by atoms with Crippen molar-refractivity contribution in [3.8, 4) is 0 Å². The number of carbonyl (C=O) groups excluding carboxylic acids is 1. The first-order valence-electron chi connectivity index (χ1n) is 5.52. The summed E-state index contributed by atoms with van der Waals surface area (Å²) in [5, 5.41) is 0. The van der Waals surface area contributed by atoms with E-state index in [1.165, 1.54) is 0 Å². The molecule has 0 aromatic heterocycles. The number of carbonyl (C=O) groups is 1. The van der Waals surface area contributed by atoms with Gasteiger partial charge in [-0.15, -0.1) is 0 Å². The molecule has 88 valence electrons. The van der Waals surface area contributed by atoms with Crippen molar-refractivity contribution in [1.82, 2.24) is 0 Å². The lowest BCUT2D eigenvalue weighted by Gasteiger charge is -2.10. The Balaban J connectivity index is 2.73. The van der Waals surface area contributed by atoms with Gasteiger partial charge in [0.25, 0.3) is 0 Å². The first kappa shape index (κ1) is 13.9. The third kappa shape index (κ3) is 4.02. The van der Waals surface area contributed by atoms with Gasteiger partial charge in [-0.2, -0.15) is 0 Å². The van der Waals surface area contributed by atoms with E-state index >= 15 is 0 Å². The summed E-state index contributed by atoms with van der Waals surface area (Å²) in [5.41, 5.74) is 0.783. The van der Waals surface area contributed by atoms with Crippen molar-refractivity contribution in [1.29, 1.82) is 0 Å². The fraction of sp³-hybridized carbons (Fsp3) is 0.462. The van der Waals surface area contributed by atoms with Gasteiger partial charge in [-0.25, -0.2) is 0 Å². The van der Waals surface area contributed by atoms with Gasteiger partial charge in [0, 0.05) is 20.9 Å². The Hall–Kier alpha value is -0.150. The molecule has 0 bridgehead atoms. The summed E-state index contributed by atoms with van der Waals surface area (Å²) in [5.74, 6) is 0.688. The molecule has 1 aromatic carbocycles. The number of hydrogen-bond donors (Lipinski definition) is 0. The molecule has 0 fully saturated rings. The zero-order valence-electron chi connectivity index (χ0n) is 9.59. The molecule has 0 heterocycles. The van der Waals surface area contributed by atoms with Gasteiger partial charge < -0.3 is 0 Å². The Bertz CT molecular complexity index is 374. The molecule has 1 unspecified atom stereocenters. The maximum Gasteiger partial charge on any atom is 0.164 e. The maximum atomic E-state index is 12.0. The third-order valence-electron chi connectivity index (χ3n) is 2.55. The van der Waals surface area contributed by atoms with E-state index < -0.39 is 0 Å². The fourth-order valence-electron chi connectivity index (χ4n) is 1.74. The van der Waals surface area contributed by atoms with Crippen LogP contribution < -0.4 is 0 Å². The van der Waals surface area contributed by atoms with Crippen molar-refractivity contribution in [2.75, 3.05) is 0 Å². The molecule has 1 aromatic rings. The van der Waals surface area contributed by atoms with Crippen LogP contribution in [0.3, 0.4) is 0 Å². The van der Waals surface area contributed by atoms with Crippen molar-refractivity contribution in [2.24, 2.45) is 5.92 Å². The molecule has 16 heavy (non-hydrogen) atoms. The van der Waals surface area contributed by atoms with E-state index in [1.807, 2.05) is 18.2 Å². The molecule has 1 atom stereocenters. The first-order chi connectivity index (χ1) is 7.54. The third-order valence-corrected chi connectivity index (χ3v) is 3.70. The van der Waals surface area contributed by atoms with Crippen molar-refractivity contribution in [3.05, 3.63) is 32.7 Å². The topological polar surface area (TPSA) is 17.1 Å². The molecule has 0 N–H and O–H groups in total. The molecule has 0 radical (unpaired) electrons. The minimum atomic E-state index is 0.223. The number of halogens is 2. The number of hydrogen-bond acceptors (Lipinski definition) is 1. The molecule has 0 aliphatic heterocycles. The Morgan fingerprint density at radius 2 is 2.06 bits per heavy atom. The normalized spacial score (nSPS) is 12.5. The summed E-state index contributed by atoms with van der Waals surface area (Å²) in [6.07, 6.45) is 2.88. The number of rotatable bonds is 5. The highest BCUT2D eigenvalue weighted by Crippen LogP contribution is 2.24. The van der Waals surface area contributed by atoms with E-state index in [0.29, 0.717) is 12.3 Å². The summed E-state index contributed by atoms with van der Waals surface area (Å²) in [6, 6.07) is 5.69. The van der Waals surface area contributed by atoms with Crippen molar-refractivity contribution < 1.29 is 4.79 Å². The van der Waals surface area contributed by atoms with E-state index in [2.05, 4.69) is 45.7 Å². The lowest BCUT2D eigenvalue weighted by molar-refractivity contribution is 0.0962. The molecular formula is C13H16Br2O. The molecule has 0 spiro atoms. The Morgan fingerprint density at radius 3 is 2.62 bits per heavy atom.